The SMILES string of the molecule is Cl.N[C@@H]1CCN(C(=O)C2CCCN2C(=O)c2cc(Cl)cc(Cl)c2)C1. The van der Waals surface area contributed by atoms with E-state index in [4.69, 9.17) is 28.9 Å². The van der Waals surface area contributed by atoms with Crippen molar-refractivity contribution in [2.45, 2.75) is 31.3 Å². The van der Waals surface area contributed by atoms with Gasteiger partial charge in [0.25, 0.3) is 5.91 Å². The fourth-order valence-corrected chi connectivity index (χ4v) is 3.83. The van der Waals surface area contributed by atoms with Gasteiger partial charge >= 0.3 is 0 Å². The van der Waals surface area contributed by atoms with Gasteiger partial charge in [-0.25, -0.2) is 0 Å². The van der Waals surface area contributed by atoms with Crippen molar-refractivity contribution in [3.63, 3.8) is 0 Å². The molecule has 2 fully saturated rings. The molecule has 1 aromatic rings. The number of carbonyl (C=O) groups excluding carboxylic acids is 2. The molecule has 2 amide bonds. The molecule has 0 bridgehead atoms. The summed E-state index contributed by atoms with van der Waals surface area (Å²) in [6, 6.07) is 4.38. The molecule has 2 aliphatic heterocycles. The molecule has 1 aromatic carbocycles. The van der Waals surface area contributed by atoms with Gasteiger partial charge < -0.3 is 15.5 Å². The van der Waals surface area contributed by atoms with Crippen LogP contribution in [0.4, 0.5) is 0 Å². The van der Waals surface area contributed by atoms with E-state index in [2.05, 4.69) is 0 Å². The maximum Gasteiger partial charge on any atom is 0.254 e. The number of nitrogens with zero attached hydrogens (tertiary/aromatic N) is 2. The number of amides is 2. The molecule has 5 nitrogen and oxygen atoms in total. The van der Waals surface area contributed by atoms with Crippen LogP contribution in [0.25, 0.3) is 0 Å². The summed E-state index contributed by atoms with van der Waals surface area (Å²) in [4.78, 5) is 28.9. The molecule has 0 radical (unpaired) electrons. The Bertz CT molecular complexity index is 621. The van der Waals surface area contributed by atoms with Crippen molar-refractivity contribution in [1.29, 1.82) is 0 Å². The van der Waals surface area contributed by atoms with Crippen LogP contribution in [0.5, 0.6) is 0 Å². The molecule has 0 spiro atoms. The summed E-state index contributed by atoms with van der Waals surface area (Å²) in [7, 11) is 0. The Kier molecular flexibility index (Phi) is 6.37. The van der Waals surface area contributed by atoms with Crippen molar-refractivity contribution in [3.8, 4) is 0 Å². The molecular formula is C16H20Cl3N3O2. The quantitative estimate of drug-likeness (QED) is 0.841. The lowest BCUT2D eigenvalue weighted by Gasteiger charge is -2.28. The summed E-state index contributed by atoms with van der Waals surface area (Å²) >= 11 is 12.0. The minimum absolute atomic E-state index is 0. The Balaban J connectivity index is 0.00000208. The maximum atomic E-state index is 12.8. The van der Waals surface area contributed by atoms with E-state index in [-0.39, 0.29) is 30.3 Å². The van der Waals surface area contributed by atoms with Crippen molar-refractivity contribution >= 4 is 47.4 Å². The van der Waals surface area contributed by atoms with Crippen molar-refractivity contribution in [2.75, 3.05) is 19.6 Å². The van der Waals surface area contributed by atoms with E-state index in [9.17, 15) is 9.59 Å². The number of benzene rings is 1. The third-order valence-electron chi connectivity index (χ3n) is 4.44. The van der Waals surface area contributed by atoms with Crippen LogP contribution in [0.1, 0.15) is 29.6 Å². The van der Waals surface area contributed by atoms with E-state index in [1.807, 2.05) is 0 Å². The first kappa shape index (κ1) is 19.3. The zero-order valence-corrected chi connectivity index (χ0v) is 15.4. The summed E-state index contributed by atoms with van der Waals surface area (Å²) in [6.07, 6.45) is 2.32. The molecule has 2 heterocycles. The standard InChI is InChI=1S/C16H19Cl2N3O2.ClH/c17-11-6-10(7-12(18)8-11)15(22)21-4-1-2-14(21)16(23)20-5-3-13(19)9-20;/h6-8,13-14H,1-5,9,19H2;1H/t13-,14?;/m1./s1. The first-order valence-corrected chi connectivity index (χ1v) is 8.53. The third kappa shape index (κ3) is 3.97. The van der Waals surface area contributed by atoms with Crippen LogP contribution in [-0.4, -0.2) is 53.3 Å². The number of hydrogen-bond donors (Lipinski definition) is 1. The highest BCUT2D eigenvalue weighted by molar-refractivity contribution is 6.35. The molecule has 2 saturated heterocycles. The molecule has 2 N–H and O–H groups in total. The fraction of sp³-hybridized carbons (Fsp3) is 0.500. The van der Waals surface area contributed by atoms with Crippen LogP contribution in [0, 0.1) is 0 Å². The zero-order valence-electron chi connectivity index (χ0n) is 13.1. The highest BCUT2D eigenvalue weighted by atomic mass is 35.5. The minimum Gasteiger partial charge on any atom is -0.339 e. The van der Waals surface area contributed by atoms with Crippen LogP contribution in [0.15, 0.2) is 18.2 Å². The molecule has 1 unspecified atom stereocenters. The van der Waals surface area contributed by atoms with Gasteiger partial charge in [-0.3, -0.25) is 9.59 Å². The second-order valence-electron chi connectivity index (χ2n) is 6.15. The summed E-state index contributed by atoms with van der Waals surface area (Å²) in [5, 5.41) is 0.821. The van der Waals surface area contributed by atoms with E-state index in [0.717, 1.165) is 12.8 Å². The number of carbonyl (C=O) groups is 2. The molecule has 2 aliphatic rings. The predicted octanol–water partition coefficient (Wildman–Crippen LogP) is 2.58. The molecule has 2 atom stereocenters. The Hall–Kier alpha value is -1.01. The highest BCUT2D eigenvalue weighted by Gasteiger charge is 2.38. The largest absolute Gasteiger partial charge is 0.339 e. The summed E-state index contributed by atoms with van der Waals surface area (Å²) in [6.45, 7) is 1.81. The lowest BCUT2D eigenvalue weighted by Crippen LogP contribution is -2.47. The van der Waals surface area contributed by atoms with Gasteiger partial charge in [-0.2, -0.15) is 0 Å². The van der Waals surface area contributed by atoms with E-state index in [0.29, 0.717) is 41.7 Å². The van der Waals surface area contributed by atoms with Gasteiger partial charge in [-0.1, -0.05) is 23.2 Å². The lowest BCUT2D eigenvalue weighted by molar-refractivity contribution is -0.134. The smallest absolute Gasteiger partial charge is 0.254 e. The second kappa shape index (κ2) is 7.91. The number of likely N-dealkylation sites (tertiary alicyclic amines) is 2. The third-order valence-corrected chi connectivity index (χ3v) is 4.88. The Morgan fingerprint density at radius 3 is 2.33 bits per heavy atom. The van der Waals surface area contributed by atoms with Crippen LogP contribution in [0.2, 0.25) is 10.0 Å². The maximum absolute atomic E-state index is 12.8. The van der Waals surface area contributed by atoms with Gasteiger partial charge in [-0.05, 0) is 37.5 Å². The predicted molar refractivity (Wildman–Crippen MR) is 96.9 cm³/mol. The number of halogens is 3. The van der Waals surface area contributed by atoms with E-state index >= 15 is 0 Å². The first-order chi connectivity index (χ1) is 11.0. The second-order valence-corrected chi connectivity index (χ2v) is 7.02. The molecule has 3 rings (SSSR count). The Labute approximate surface area is 157 Å². The molecular weight excluding hydrogens is 373 g/mol. The van der Waals surface area contributed by atoms with Crippen molar-refractivity contribution in [1.82, 2.24) is 9.80 Å². The van der Waals surface area contributed by atoms with Gasteiger partial charge in [0.15, 0.2) is 0 Å². The van der Waals surface area contributed by atoms with E-state index in [1.54, 1.807) is 28.0 Å². The van der Waals surface area contributed by atoms with Gasteiger partial charge in [0.2, 0.25) is 5.91 Å². The van der Waals surface area contributed by atoms with Gasteiger partial charge in [0.1, 0.15) is 6.04 Å². The van der Waals surface area contributed by atoms with E-state index in [1.165, 1.54) is 0 Å². The molecule has 24 heavy (non-hydrogen) atoms. The summed E-state index contributed by atoms with van der Waals surface area (Å²) in [5.74, 6) is -0.203. The average Bonchev–Trinajstić information content (AvgIpc) is 3.13. The average molecular weight is 393 g/mol. The minimum atomic E-state index is -0.412. The number of nitrogens with two attached hydrogens (primary N) is 1. The van der Waals surface area contributed by atoms with Gasteiger partial charge in [-0.15, -0.1) is 12.4 Å². The summed E-state index contributed by atoms with van der Waals surface area (Å²) < 4.78 is 0. The van der Waals surface area contributed by atoms with Crippen LogP contribution < -0.4 is 5.73 Å². The summed E-state index contributed by atoms with van der Waals surface area (Å²) in [5.41, 5.74) is 6.29. The highest BCUT2D eigenvalue weighted by Crippen LogP contribution is 2.26. The van der Waals surface area contributed by atoms with Crippen molar-refractivity contribution in [3.05, 3.63) is 33.8 Å². The zero-order chi connectivity index (χ0) is 16.6. The van der Waals surface area contributed by atoms with Gasteiger partial charge in [0.05, 0.1) is 0 Å². The van der Waals surface area contributed by atoms with Crippen molar-refractivity contribution in [2.24, 2.45) is 5.73 Å². The van der Waals surface area contributed by atoms with E-state index < -0.39 is 6.04 Å². The molecule has 8 heteroatoms. The molecule has 0 aliphatic carbocycles. The monoisotopic (exact) mass is 391 g/mol. The lowest BCUT2D eigenvalue weighted by atomic mass is 10.1. The normalized spacial score (nSPS) is 23.3. The number of rotatable bonds is 2. The fourth-order valence-electron chi connectivity index (χ4n) is 3.31. The van der Waals surface area contributed by atoms with Crippen molar-refractivity contribution < 1.29 is 9.59 Å². The van der Waals surface area contributed by atoms with Crippen LogP contribution in [-0.2, 0) is 4.79 Å². The van der Waals surface area contributed by atoms with Gasteiger partial charge in [0, 0.05) is 41.3 Å². The Morgan fingerprint density at radius 2 is 1.75 bits per heavy atom. The molecule has 0 saturated carbocycles. The molecule has 132 valence electrons. The number of hydrogen-bond acceptors (Lipinski definition) is 3. The molecule has 0 aromatic heterocycles. The van der Waals surface area contributed by atoms with Crippen LogP contribution >= 0.6 is 35.6 Å². The Morgan fingerprint density at radius 1 is 1.08 bits per heavy atom. The first-order valence-electron chi connectivity index (χ1n) is 7.77. The topological polar surface area (TPSA) is 66.6 Å². The van der Waals surface area contributed by atoms with Crippen LogP contribution in [0.3, 0.4) is 0 Å².